The second kappa shape index (κ2) is 8.34. The Morgan fingerprint density at radius 3 is 2.88 bits per heavy atom. The van der Waals surface area contributed by atoms with E-state index in [0.29, 0.717) is 18.1 Å². The van der Waals surface area contributed by atoms with E-state index in [-0.39, 0.29) is 11.9 Å². The van der Waals surface area contributed by atoms with Crippen molar-refractivity contribution in [2.75, 3.05) is 13.1 Å². The first-order chi connectivity index (χ1) is 12.2. The van der Waals surface area contributed by atoms with Gasteiger partial charge in [0.1, 0.15) is 5.76 Å². The van der Waals surface area contributed by atoms with Crippen LogP contribution in [0.5, 0.6) is 0 Å². The van der Waals surface area contributed by atoms with E-state index in [1.807, 2.05) is 12.1 Å². The van der Waals surface area contributed by atoms with Crippen molar-refractivity contribution in [3.8, 4) is 0 Å². The average molecular weight is 345 g/mol. The quantitative estimate of drug-likeness (QED) is 0.828. The number of aromatic nitrogens is 1. The third kappa shape index (κ3) is 4.51. The number of rotatable bonds is 7. The molecule has 0 radical (unpaired) electrons. The normalized spacial score (nSPS) is 16.7. The zero-order valence-corrected chi connectivity index (χ0v) is 15.1. The van der Waals surface area contributed by atoms with Crippen LogP contribution in [0, 0.1) is 0 Å². The Kier molecular flexibility index (Phi) is 5.91. The predicted molar refractivity (Wildman–Crippen MR) is 94.2 cm³/mol. The molecule has 1 unspecified atom stereocenters. The average Bonchev–Trinajstić information content (AvgIpc) is 3.30. The number of carbonyl (C=O) groups excluding carboxylic acids is 1. The van der Waals surface area contributed by atoms with Gasteiger partial charge in [-0.3, -0.25) is 9.69 Å². The number of nitrogens with zero attached hydrogens (tertiary/aromatic N) is 2. The molecule has 1 atom stereocenters. The lowest BCUT2D eigenvalue weighted by Gasteiger charge is -2.31. The maximum atomic E-state index is 12.3. The number of hydrogen-bond donors (Lipinski definition) is 1. The van der Waals surface area contributed by atoms with Crippen LogP contribution in [0.25, 0.3) is 0 Å². The summed E-state index contributed by atoms with van der Waals surface area (Å²) in [5, 5.41) is 6.80. The summed E-state index contributed by atoms with van der Waals surface area (Å²) in [5.41, 5.74) is 0.919. The molecule has 1 aliphatic rings. The molecule has 1 amide bonds. The summed E-state index contributed by atoms with van der Waals surface area (Å²) in [6.45, 7) is 6.72. The van der Waals surface area contributed by atoms with Crippen molar-refractivity contribution in [2.24, 2.45) is 0 Å². The minimum Gasteiger partial charge on any atom is -0.454 e. The monoisotopic (exact) mass is 345 g/mol. The summed E-state index contributed by atoms with van der Waals surface area (Å²) in [7, 11) is 0. The summed E-state index contributed by atoms with van der Waals surface area (Å²) >= 11 is 0. The SMILES string of the molecule is CCCc1cc(CNC(=O)c2ccc(C(C)N3CCCCC3)o2)on1. The van der Waals surface area contributed by atoms with Crippen LogP contribution in [0.15, 0.2) is 27.1 Å². The fourth-order valence-corrected chi connectivity index (χ4v) is 3.25. The van der Waals surface area contributed by atoms with E-state index in [1.54, 1.807) is 6.07 Å². The molecule has 0 spiro atoms. The highest BCUT2D eigenvalue weighted by Gasteiger charge is 2.22. The number of piperidine rings is 1. The molecule has 0 aromatic carbocycles. The second-order valence-electron chi connectivity index (χ2n) is 6.69. The van der Waals surface area contributed by atoms with Crippen molar-refractivity contribution >= 4 is 5.91 Å². The van der Waals surface area contributed by atoms with E-state index >= 15 is 0 Å². The van der Waals surface area contributed by atoms with Gasteiger partial charge in [-0.25, -0.2) is 0 Å². The highest BCUT2D eigenvalue weighted by Crippen LogP contribution is 2.25. The summed E-state index contributed by atoms with van der Waals surface area (Å²) < 4.78 is 11.0. The molecule has 25 heavy (non-hydrogen) atoms. The molecule has 6 nitrogen and oxygen atoms in total. The van der Waals surface area contributed by atoms with Crippen LogP contribution in [0.3, 0.4) is 0 Å². The van der Waals surface area contributed by atoms with Crippen LogP contribution in [-0.2, 0) is 13.0 Å². The zero-order chi connectivity index (χ0) is 17.6. The fourth-order valence-electron chi connectivity index (χ4n) is 3.25. The van der Waals surface area contributed by atoms with Crippen molar-refractivity contribution < 1.29 is 13.7 Å². The van der Waals surface area contributed by atoms with Crippen LogP contribution >= 0.6 is 0 Å². The topological polar surface area (TPSA) is 71.5 Å². The summed E-state index contributed by atoms with van der Waals surface area (Å²) in [5.74, 6) is 1.61. The van der Waals surface area contributed by atoms with Gasteiger partial charge >= 0.3 is 0 Å². The maximum absolute atomic E-state index is 12.3. The van der Waals surface area contributed by atoms with Gasteiger partial charge in [-0.15, -0.1) is 0 Å². The Morgan fingerprint density at radius 1 is 1.32 bits per heavy atom. The third-order valence-electron chi connectivity index (χ3n) is 4.74. The molecule has 1 N–H and O–H groups in total. The van der Waals surface area contributed by atoms with Gasteiger partial charge in [0.25, 0.3) is 5.91 Å². The van der Waals surface area contributed by atoms with Gasteiger partial charge in [0.05, 0.1) is 18.3 Å². The van der Waals surface area contributed by atoms with E-state index in [2.05, 4.69) is 29.2 Å². The smallest absolute Gasteiger partial charge is 0.287 e. The van der Waals surface area contributed by atoms with E-state index in [1.165, 1.54) is 19.3 Å². The van der Waals surface area contributed by atoms with Crippen LogP contribution < -0.4 is 5.32 Å². The van der Waals surface area contributed by atoms with Crippen molar-refractivity contribution in [1.29, 1.82) is 0 Å². The van der Waals surface area contributed by atoms with Crippen LogP contribution in [0.4, 0.5) is 0 Å². The zero-order valence-electron chi connectivity index (χ0n) is 15.1. The molecule has 0 bridgehead atoms. The molecule has 2 aromatic rings. The number of likely N-dealkylation sites (tertiary alicyclic amines) is 1. The maximum Gasteiger partial charge on any atom is 0.287 e. The summed E-state index contributed by atoms with van der Waals surface area (Å²) in [4.78, 5) is 14.7. The van der Waals surface area contributed by atoms with Gasteiger partial charge in [-0.2, -0.15) is 0 Å². The van der Waals surface area contributed by atoms with Crippen LogP contribution in [0.1, 0.15) is 73.3 Å². The van der Waals surface area contributed by atoms with Crippen molar-refractivity contribution in [2.45, 2.75) is 58.5 Å². The number of nitrogens with one attached hydrogen (secondary N) is 1. The second-order valence-corrected chi connectivity index (χ2v) is 6.69. The minimum atomic E-state index is -0.231. The first-order valence-corrected chi connectivity index (χ1v) is 9.24. The summed E-state index contributed by atoms with van der Waals surface area (Å²) in [6, 6.07) is 5.74. The van der Waals surface area contributed by atoms with Gasteiger partial charge in [0.15, 0.2) is 11.5 Å². The van der Waals surface area contributed by atoms with Gasteiger partial charge in [-0.05, 0) is 51.4 Å². The van der Waals surface area contributed by atoms with E-state index in [4.69, 9.17) is 8.94 Å². The molecule has 1 fully saturated rings. The van der Waals surface area contributed by atoms with E-state index in [0.717, 1.165) is 37.4 Å². The number of hydrogen-bond acceptors (Lipinski definition) is 5. The Morgan fingerprint density at radius 2 is 2.12 bits per heavy atom. The van der Waals surface area contributed by atoms with Gasteiger partial charge < -0.3 is 14.3 Å². The number of amides is 1. The van der Waals surface area contributed by atoms with Crippen LogP contribution in [0.2, 0.25) is 0 Å². The molecule has 3 rings (SSSR count). The van der Waals surface area contributed by atoms with E-state index in [9.17, 15) is 4.79 Å². The Bertz CT molecular complexity index is 686. The lowest BCUT2D eigenvalue weighted by Crippen LogP contribution is -2.32. The van der Waals surface area contributed by atoms with Crippen LogP contribution in [-0.4, -0.2) is 29.1 Å². The molecule has 1 saturated heterocycles. The standard InChI is InChI=1S/C19H27N3O3/c1-3-7-15-12-16(25-21-15)13-20-19(23)18-9-8-17(24-18)14(2)22-10-5-4-6-11-22/h8-9,12,14H,3-7,10-11,13H2,1-2H3,(H,20,23). The molecule has 0 aliphatic carbocycles. The van der Waals surface area contributed by atoms with Gasteiger partial charge in [0.2, 0.25) is 0 Å². The highest BCUT2D eigenvalue weighted by atomic mass is 16.5. The van der Waals surface area contributed by atoms with Gasteiger partial charge in [0, 0.05) is 6.07 Å². The largest absolute Gasteiger partial charge is 0.454 e. The molecule has 136 valence electrons. The fraction of sp³-hybridized carbons (Fsp3) is 0.579. The molecule has 2 aromatic heterocycles. The minimum absolute atomic E-state index is 0.202. The predicted octanol–water partition coefficient (Wildman–Crippen LogP) is 3.70. The molecule has 1 aliphatic heterocycles. The number of carbonyl (C=O) groups is 1. The molecule has 0 saturated carbocycles. The first kappa shape index (κ1) is 17.7. The lowest BCUT2D eigenvalue weighted by atomic mass is 10.1. The summed E-state index contributed by atoms with van der Waals surface area (Å²) in [6.07, 6.45) is 5.66. The molecule has 6 heteroatoms. The lowest BCUT2D eigenvalue weighted by molar-refractivity contribution is 0.0910. The van der Waals surface area contributed by atoms with Crippen molar-refractivity contribution in [3.63, 3.8) is 0 Å². The first-order valence-electron chi connectivity index (χ1n) is 9.24. The number of furan rings is 1. The van der Waals surface area contributed by atoms with Crippen molar-refractivity contribution in [3.05, 3.63) is 41.2 Å². The Labute approximate surface area is 148 Å². The molecular formula is C19H27N3O3. The Hall–Kier alpha value is -2.08. The highest BCUT2D eigenvalue weighted by molar-refractivity contribution is 5.91. The van der Waals surface area contributed by atoms with E-state index < -0.39 is 0 Å². The van der Waals surface area contributed by atoms with Crippen molar-refractivity contribution in [1.82, 2.24) is 15.4 Å². The molecular weight excluding hydrogens is 318 g/mol. The number of aryl methyl sites for hydroxylation is 1. The third-order valence-corrected chi connectivity index (χ3v) is 4.74. The van der Waals surface area contributed by atoms with Gasteiger partial charge in [-0.1, -0.05) is 24.9 Å². The molecule has 3 heterocycles. The Balaban J connectivity index is 1.54.